The molecular formula is C16H19N3O3. The first kappa shape index (κ1) is 14.7. The van der Waals surface area contributed by atoms with E-state index in [0.29, 0.717) is 25.3 Å². The largest absolute Gasteiger partial charge is 0.468 e. The Bertz CT molecular complexity index is 580. The first-order valence-electron chi connectivity index (χ1n) is 7.38. The van der Waals surface area contributed by atoms with Crippen molar-refractivity contribution in [3.63, 3.8) is 0 Å². The monoisotopic (exact) mass is 301 g/mol. The minimum Gasteiger partial charge on any atom is -0.468 e. The van der Waals surface area contributed by atoms with Gasteiger partial charge in [-0.15, -0.1) is 0 Å². The lowest BCUT2D eigenvalue weighted by atomic mass is 10.1. The Balaban J connectivity index is 1.66. The van der Waals surface area contributed by atoms with Crippen molar-refractivity contribution in [2.45, 2.75) is 6.04 Å². The summed E-state index contributed by atoms with van der Waals surface area (Å²) in [7, 11) is 0. The van der Waals surface area contributed by atoms with Gasteiger partial charge in [0.15, 0.2) is 0 Å². The van der Waals surface area contributed by atoms with Gasteiger partial charge in [0.2, 0.25) is 0 Å². The zero-order chi connectivity index (χ0) is 15.2. The van der Waals surface area contributed by atoms with E-state index in [1.165, 1.54) is 0 Å². The van der Waals surface area contributed by atoms with Gasteiger partial charge in [0.25, 0.3) is 5.91 Å². The molecule has 1 amide bonds. The summed E-state index contributed by atoms with van der Waals surface area (Å²) in [5.74, 6) is 0.728. The predicted molar refractivity (Wildman–Crippen MR) is 80.4 cm³/mol. The Kier molecular flexibility index (Phi) is 4.82. The van der Waals surface area contributed by atoms with Crippen molar-refractivity contribution in [3.05, 3.63) is 54.2 Å². The van der Waals surface area contributed by atoms with Crippen molar-refractivity contribution in [2.75, 3.05) is 32.8 Å². The fourth-order valence-electron chi connectivity index (χ4n) is 2.57. The normalized spacial score (nSPS) is 17.1. The second kappa shape index (κ2) is 7.20. The van der Waals surface area contributed by atoms with Crippen molar-refractivity contribution >= 4 is 5.91 Å². The Labute approximate surface area is 129 Å². The van der Waals surface area contributed by atoms with Gasteiger partial charge in [-0.2, -0.15) is 0 Å². The number of furan rings is 1. The quantitative estimate of drug-likeness (QED) is 0.906. The van der Waals surface area contributed by atoms with Crippen molar-refractivity contribution in [1.82, 2.24) is 15.2 Å². The van der Waals surface area contributed by atoms with Crippen LogP contribution in [0, 0.1) is 0 Å². The van der Waals surface area contributed by atoms with Crippen LogP contribution in [0.3, 0.4) is 0 Å². The van der Waals surface area contributed by atoms with Crippen LogP contribution in [0.1, 0.15) is 22.2 Å². The molecule has 6 heteroatoms. The highest BCUT2D eigenvalue weighted by Crippen LogP contribution is 2.21. The molecule has 1 fully saturated rings. The number of carbonyl (C=O) groups excluding carboxylic acids is 1. The van der Waals surface area contributed by atoms with E-state index in [1.807, 2.05) is 12.1 Å². The highest BCUT2D eigenvalue weighted by molar-refractivity contribution is 5.93. The molecule has 1 aliphatic heterocycles. The number of nitrogens with one attached hydrogen (secondary N) is 1. The zero-order valence-electron chi connectivity index (χ0n) is 12.3. The summed E-state index contributed by atoms with van der Waals surface area (Å²) in [6.45, 7) is 3.55. The van der Waals surface area contributed by atoms with Crippen LogP contribution in [0.25, 0.3) is 0 Å². The average Bonchev–Trinajstić information content (AvgIpc) is 3.11. The van der Waals surface area contributed by atoms with Crippen LogP contribution in [0.4, 0.5) is 0 Å². The molecule has 0 spiro atoms. The molecule has 3 heterocycles. The highest BCUT2D eigenvalue weighted by atomic mass is 16.5. The number of morpholine rings is 1. The number of pyridine rings is 1. The van der Waals surface area contributed by atoms with E-state index < -0.39 is 0 Å². The maximum atomic E-state index is 12.2. The number of hydrogen-bond acceptors (Lipinski definition) is 5. The van der Waals surface area contributed by atoms with Crippen molar-refractivity contribution in [1.29, 1.82) is 0 Å². The summed E-state index contributed by atoms with van der Waals surface area (Å²) in [6, 6.07) is 7.32. The molecule has 0 aliphatic carbocycles. The van der Waals surface area contributed by atoms with E-state index in [2.05, 4.69) is 15.2 Å². The smallest absolute Gasteiger partial charge is 0.252 e. The molecule has 1 saturated heterocycles. The Morgan fingerprint density at radius 1 is 1.32 bits per heavy atom. The SMILES string of the molecule is O=C(NCC(c1ccco1)N1CCOCC1)c1cccnc1. The van der Waals surface area contributed by atoms with Crippen LogP contribution in [-0.2, 0) is 4.74 Å². The molecule has 2 aromatic heterocycles. The predicted octanol–water partition coefficient (Wildman–Crippen LogP) is 1.48. The van der Waals surface area contributed by atoms with Gasteiger partial charge < -0.3 is 14.5 Å². The van der Waals surface area contributed by atoms with Gasteiger partial charge in [0.1, 0.15) is 5.76 Å². The fourth-order valence-corrected chi connectivity index (χ4v) is 2.57. The van der Waals surface area contributed by atoms with Gasteiger partial charge in [-0.3, -0.25) is 14.7 Å². The first-order chi connectivity index (χ1) is 10.8. The molecule has 1 atom stereocenters. The number of nitrogens with zero attached hydrogens (tertiary/aromatic N) is 2. The van der Waals surface area contributed by atoms with Gasteiger partial charge >= 0.3 is 0 Å². The third-order valence-corrected chi connectivity index (χ3v) is 3.74. The zero-order valence-corrected chi connectivity index (χ0v) is 12.3. The van der Waals surface area contributed by atoms with Crippen LogP contribution in [-0.4, -0.2) is 48.6 Å². The molecule has 1 unspecified atom stereocenters. The van der Waals surface area contributed by atoms with Gasteiger partial charge in [-0.05, 0) is 24.3 Å². The number of amides is 1. The first-order valence-corrected chi connectivity index (χ1v) is 7.38. The lowest BCUT2D eigenvalue weighted by molar-refractivity contribution is 0.0118. The maximum Gasteiger partial charge on any atom is 0.252 e. The molecule has 116 valence electrons. The van der Waals surface area contributed by atoms with Crippen LogP contribution in [0.15, 0.2) is 47.3 Å². The van der Waals surface area contributed by atoms with Crippen LogP contribution < -0.4 is 5.32 Å². The molecule has 0 bridgehead atoms. The van der Waals surface area contributed by atoms with Gasteiger partial charge in [-0.25, -0.2) is 0 Å². The molecule has 6 nitrogen and oxygen atoms in total. The van der Waals surface area contributed by atoms with Gasteiger partial charge in [0, 0.05) is 32.0 Å². The number of ether oxygens (including phenoxy) is 1. The Hall–Kier alpha value is -2.18. The lowest BCUT2D eigenvalue weighted by Crippen LogP contribution is -2.43. The summed E-state index contributed by atoms with van der Waals surface area (Å²) in [4.78, 5) is 18.4. The summed E-state index contributed by atoms with van der Waals surface area (Å²) >= 11 is 0. The molecular weight excluding hydrogens is 282 g/mol. The third kappa shape index (κ3) is 3.52. The summed E-state index contributed by atoms with van der Waals surface area (Å²) in [6.07, 6.45) is 4.87. The van der Waals surface area contributed by atoms with E-state index in [1.54, 1.807) is 30.8 Å². The van der Waals surface area contributed by atoms with Crippen molar-refractivity contribution in [3.8, 4) is 0 Å². The molecule has 1 N–H and O–H groups in total. The number of carbonyl (C=O) groups is 1. The molecule has 2 aromatic rings. The lowest BCUT2D eigenvalue weighted by Gasteiger charge is -2.33. The third-order valence-electron chi connectivity index (χ3n) is 3.74. The molecule has 0 aromatic carbocycles. The van der Waals surface area contributed by atoms with E-state index in [0.717, 1.165) is 18.8 Å². The Morgan fingerprint density at radius 2 is 2.18 bits per heavy atom. The van der Waals surface area contributed by atoms with Crippen molar-refractivity contribution < 1.29 is 13.9 Å². The van der Waals surface area contributed by atoms with Crippen LogP contribution in [0.5, 0.6) is 0 Å². The molecule has 3 rings (SSSR count). The summed E-state index contributed by atoms with van der Waals surface area (Å²) in [5.41, 5.74) is 0.558. The standard InChI is InChI=1S/C16H19N3O3/c20-16(13-3-1-5-17-11-13)18-12-14(15-4-2-8-22-15)19-6-9-21-10-7-19/h1-5,8,11,14H,6-7,9-10,12H2,(H,18,20). The van der Waals surface area contributed by atoms with Crippen LogP contribution in [0.2, 0.25) is 0 Å². The minimum absolute atomic E-state index is 0.0134. The van der Waals surface area contributed by atoms with Gasteiger partial charge in [-0.1, -0.05) is 0 Å². The summed E-state index contributed by atoms with van der Waals surface area (Å²) < 4.78 is 10.9. The average molecular weight is 301 g/mol. The topological polar surface area (TPSA) is 67.6 Å². The van der Waals surface area contributed by atoms with E-state index in [-0.39, 0.29) is 11.9 Å². The molecule has 0 saturated carbocycles. The van der Waals surface area contributed by atoms with E-state index >= 15 is 0 Å². The van der Waals surface area contributed by atoms with E-state index in [4.69, 9.17) is 9.15 Å². The van der Waals surface area contributed by atoms with Gasteiger partial charge in [0.05, 0.1) is 31.1 Å². The molecule has 1 aliphatic rings. The molecule has 0 radical (unpaired) electrons. The van der Waals surface area contributed by atoms with Crippen LogP contribution >= 0.6 is 0 Å². The maximum absolute atomic E-state index is 12.2. The second-order valence-corrected chi connectivity index (χ2v) is 5.13. The fraction of sp³-hybridized carbons (Fsp3) is 0.375. The highest BCUT2D eigenvalue weighted by Gasteiger charge is 2.25. The second-order valence-electron chi connectivity index (χ2n) is 5.13. The summed E-state index contributed by atoms with van der Waals surface area (Å²) in [5, 5.41) is 2.96. The van der Waals surface area contributed by atoms with Crippen molar-refractivity contribution in [2.24, 2.45) is 0 Å². The minimum atomic E-state index is -0.127. The Morgan fingerprint density at radius 3 is 2.86 bits per heavy atom. The number of rotatable bonds is 5. The number of aromatic nitrogens is 1. The number of hydrogen-bond donors (Lipinski definition) is 1. The van der Waals surface area contributed by atoms with E-state index in [9.17, 15) is 4.79 Å². The molecule has 22 heavy (non-hydrogen) atoms.